The van der Waals surface area contributed by atoms with Crippen LogP contribution >= 0.6 is 23.2 Å². The van der Waals surface area contributed by atoms with Crippen LogP contribution < -0.4 is 18.9 Å². The Morgan fingerprint density at radius 3 is 1.29 bits per heavy atom. The molecule has 0 amide bonds. The first kappa shape index (κ1) is 25.4. The van der Waals surface area contributed by atoms with Crippen LogP contribution in [0.1, 0.15) is 0 Å². The molecule has 6 nitrogen and oxygen atoms in total. The Labute approximate surface area is 228 Å². The zero-order valence-corrected chi connectivity index (χ0v) is 21.4. The summed E-state index contributed by atoms with van der Waals surface area (Å²) in [6, 6.07) is 27.9. The summed E-state index contributed by atoms with van der Waals surface area (Å²) in [5.74, 6) is 0.317. The highest BCUT2D eigenvalue weighted by molar-refractivity contribution is 6.42. The van der Waals surface area contributed by atoms with Crippen LogP contribution in [-0.2, 0) is 9.59 Å². The number of para-hydroxylation sites is 2. The summed E-state index contributed by atoms with van der Waals surface area (Å²) in [7, 11) is 0. The first-order chi connectivity index (χ1) is 18.5. The molecule has 0 atom stereocenters. The average Bonchev–Trinajstić information content (AvgIpc) is 2.93. The Bertz CT molecular complexity index is 1500. The van der Waals surface area contributed by atoms with Gasteiger partial charge in [-0.3, -0.25) is 0 Å². The Balaban J connectivity index is 1.50. The van der Waals surface area contributed by atoms with Crippen molar-refractivity contribution >= 4 is 56.7 Å². The highest BCUT2D eigenvalue weighted by Crippen LogP contribution is 2.48. The first-order valence-corrected chi connectivity index (χ1v) is 12.4. The molecule has 0 heterocycles. The second-order valence-electron chi connectivity index (χ2n) is 8.13. The summed E-state index contributed by atoms with van der Waals surface area (Å²) in [6.45, 7) is -0.749. The normalized spacial score (nSPS) is 10.8. The third kappa shape index (κ3) is 5.52. The Morgan fingerprint density at radius 2 is 0.895 bits per heavy atom. The lowest BCUT2D eigenvalue weighted by atomic mass is 10.0. The minimum absolute atomic E-state index is 0.332. The van der Waals surface area contributed by atoms with E-state index in [1.54, 1.807) is 72.8 Å². The second-order valence-corrected chi connectivity index (χ2v) is 8.95. The Hall–Kier alpha value is -4.26. The van der Waals surface area contributed by atoms with Crippen LogP contribution in [0.25, 0.3) is 21.5 Å². The van der Waals surface area contributed by atoms with E-state index in [4.69, 9.17) is 42.1 Å². The number of benzene rings is 5. The van der Waals surface area contributed by atoms with E-state index in [-0.39, 0.29) is 13.2 Å². The molecule has 5 rings (SSSR count). The van der Waals surface area contributed by atoms with Gasteiger partial charge in [0, 0.05) is 21.5 Å². The van der Waals surface area contributed by atoms with Gasteiger partial charge < -0.3 is 18.9 Å². The van der Waals surface area contributed by atoms with Crippen molar-refractivity contribution in [3.63, 3.8) is 0 Å². The third-order valence-corrected chi connectivity index (χ3v) is 6.22. The Morgan fingerprint density at radius 1 is 0.526 bits per heavy atom. The quantitative estimate of drug-likeness (QED) is 0.116. The predicted molar refractivity (Wildman–Crippen MR) is 147 cm³/mol. The van der Waals surface area contributed by atoms with Gasteiger partial charge in [-0.25, -0.2) is 9.59 Å². The van der Waals surface area contributed by atoms with E-state index in [1.807, 2.05) is 24.3 Å². The topological polar surface area (TPSA) is 71.1 Å². The molecule has 0 saturated heterocycles. The van der Waals surface area contributed by atoms with Crippen molar-refractivity contribution in [3.05, 3.63) is 107 Å². The van der Waals surface area contributed by atoms with E-state index in [2.05, 4.69) is 0 Å². The molecule has 0 radical (unpaired) electrons. The number of carbonyl (C=O) groups excluding carboxylic acids is 2. The molecule has 0 fully saturated rings. The number of hydrogen-bond donors (Lipinski definition) is 0. The van der Waals surface area contributed by atoms with Crippen LogP contribution in [-0.4, -0.2) is 25.2 Å². The number of carbonyl (C=O) groups is 2. The fourth-order valence-electron chi connectivity index (χ4n) is 4.01. The van der Waals surface area contributed by atoms with Gasteiger partial charge in [0.2, 0.25) is 0 Å². The standard InChI is InChI=1S/C30H20Cl2O6/c31-23-15-16-24(32)28-27(23)29(35-17-25(33)37-19-9-3-1-4-10-19)21-13-7-8-14-22(21)30(28)36-18-26(34)38-20-11-5-2-6-12-20/h1-16H,17-18H2. The van der Waals surface area contributed by atoms with Gasteiger partial charge in [0.15, 0.2) is 13.2 Å². The number of rotatable bonds is 8. The van der Waals surface area contributed by atoms with Crippen molar-refractivity contribution in [2.24, 2.45) is 0 Å². The van der Waals surface area contributed by atoms with Crippen molar-refractivity contribution < 1.29 is 28.5 Å². The van der Waals surface area contributed by atoms with E-state index >= 15 is 0 Å². The molecule has 5 aromatic carbocycles. The van der Waals surface area contributed by atoms with E-state index in [0.29, 0.717) is 54.6 Å². The van der Waals surface area contributed by atoms with Crippen LogP contribution in [0.4, 0.5) is 0 Å². The molecule has 0 N–H and O–H groups in total. The van der Waals surface area contributed by atoms with Crippen LogP contribution in [0.5, 0.6) is 23.0 Å². The van der Waals surface area contributed by atoms with Crippen LogP contribution in [0.15, 0.2) is 97.1 Å². The monoisotopic (exact) mass is 546 g/mol. The van der Waals surface area contributed by atoms with E-state index in [0.717, 1.165) is 0 Å². The lowest BCUT2D eigenvalue weighted by molar-refractivity contribution is -0.137. The molecule has 0 aliphatic carbocycles. The van der Waals surface area contributed by atoms with Gasteiger partial charge in [-0.05, 0) is 36.4 Å². The molecule has 0 spiro atoms. The van der Waals surface area contributed by atoms with Gasteiger partial charge in [-0.2, -0.15) is 0 Å². The molecular formula is C30H20Cl2O6. The minimum Gasteiger partial charge on any atom is -0.481 e. The first-order valence-electron chi connectivity index (χ1n) is 11.6. The molecule has 8 heteroatoms. The summed E-state index contributed by atoms with van der Waals surface area (Å²) < 4.78 is 22.7. The van der Waals surface area contributed by atoms with Gasteiger partial charge in [0.05, 0.1) is 10.0 Å². The van der Waals surface area contributed by atoms with Gasteiger partial charge in [-0.15, -0.1) is 0 Å². The number of halogens is 2. The maximum Gasteiger partial charge on any atom is 0.349 e. The zero-order valence-electron chi connectivity index (χ0n) is 19.9. The number of ether oxygens (including phenoxy) is 4. The lowest BCUT2D eigenvalue weighted by Gasteiger charge is -2.19. The van der Waals surface area contributed by atoms with Crippen molar-refractivity contribution in [2.75, 3.05) is 13.2 Å². The maximum atomic E-state index is 12.5. The van der Waals surface area contributed by atoms with Gasteiger partial charge >= 0.3 is 11.9 Å². The number of fused-ring (bicyclic) bond motifs is 2. The van der Waals surface area contributed by atoms with Crippen molar-refractivity contribution in [3.8, 4) is 23.0 Å². The van der Waals surface area contributed by atoms with Crippen LogP contribution in [0, 0.1) is 0 Å². The summed E-state index contributed by atoms with van der Waals surface area (Å²) in [5.41, 5.74) is 0. The predicted octanol–water partition coefficient (Wildman–Crippen LogP) is 7.27. The Kier molecular flexibility index (Phi) is 7.63. The molecule has 0 aliphatic rings. The molecule has 0 unspecified atom stereocenters. The number of esters is 2. The highest BCUT2D eigenvalue weighted by atomic mass is 35.5. The van der Waals surface area contributed by atoms with Crippen molar-refractivity contribution in [1.29, 1.82) is 0 Å². The molecule has 0 saturated carbocycles. The van der Waals surface area contributed by atoms with E-state index in [9.17, 15) is 9.59 Å². The maximum absolute atomic E-state index is 12.5. The fraction of sp³-hybridized carbons (Fsp3) is 0.0667. The third-order valence-electron chi connectivity index (χ3n) is 5.59. The summed E-state index contributed by atoms with van der Waals surface area (Å²) in [6.07, 6.45) is 0. The van der Waals surface area contributed by atoms with Crippen LogP contribution in [0.3, 0.4) is 0 Å². The molecule has 38 heavy (non-hydrogen) atoms. The van der Waals surface area contributed by atoms with Crippen LogP contribution in [0.2, 0.25) is 10.0 Å². The van der Waals surface area contributed by atoms with Crippen molar-refractivity contribution in [2.45, 2.75) is 0 Å². The van der Waals surface area contributed by atoms with Gasteiger partial charge in [-0.1, -0.05) is 83.9 Å². The van der Waals surface area contributed by atoms with E-state index < -0.39 is 11.9 Å². The summed E-state index contributed by atoms with van der Waals surface area (Å²) in [5, 5.41) is 2.77. The molecule has 0 aliphatic heterocycles. The number of hydrogen-bond acceptors (Lipinski definition) is 6. The fourth-order valence-corrected chi connectivity index (χ4v) is 4.49. The SMILES string of the molecule is O=C(COc1c2ccccc2c(OCC(=O)Oc2ccccc2)c2c(Cl)ccc(Cl)c12)Oc1ccccc1. The minimum atomic E-state index is -0.587. The molecule has 5 aromatic rings. The molecule has 0 aromatic heterocycles. The van der Waals surface area contributed by atoms with Gasteiger partial charge in [0.1, 0.15) is 23.0 Å². The smallest absolute Gasteiger partial charge is 0.349 e. The van der Waals surface area contributed by atoms with Gasteiger partial charge in [0.25, 0.3) is 0 Å². The largest absolute Gasteiger partial charge is 0.481 e. The average molecular weight is 547 g/mol. The van der Waals surface area contributed by atoms with E-state index in [1.165, 1.54) is 0 Å². The summed E-state index contributed by atoms with van der Waals surface area (Å²) in [4.78, 5) is 25.0. The highest BCUT2D eigenvalue weighted by Gasteiger charge is 2.22. The van der Waals surface area contributed by atoms with Crippen molar-refractivity contribution in [1.82, 2.24) is 0 Å². The molecule has 190 valence electrons. The zero-order chi connectivity index (χ0) is 26.5. The summed E-state index contributed by atoms with van der Waals surface area (Å²) >= 11 is 13.2. The second kappa shape index (κ2) is 11.4. The lowest BCUT2D eigenvalue weighted by Crippen LogP contribution is -2.19. The molecular weight excluding hydrogens is 527 g/mol. The molecule has 0 bridgehead atoms.